The van der Waals surface area contributed by atoms with Gasteiger partial charge in [0.2, 0.25) is 11.9 Å². The number of carbonyl (C=O) groups excluding carboxylic acids is 1. The third kappa shape index (κ3) is 3.56. The number of carbonyl (C=O) groups is 1. The molecule has 1 atom stereocenters. The molecular formula is C18H19N5OS2. The van der Waals surface area contributed by atoms with Crippen LogP contribution in [-0.4, -0.2) is 39.9 Å². The Morgan fingerprint density at radius 1 is 1.31 bits per heavy atom. The first-order valence-electron chi connectivity index (χ1n) is 8.46. The van der Waals surface area contributed by atoms with Crippen LogP contribution < -0.4 is 10.6 Å². The number of rotatable bonds is 5. The van der Waals surface area contributed by atoms with Crippen LogP contribution in [0, 0.1) is 0 Å². The van der Waals surface area contributed by atoms with Crippen LogP contribution in [0.15, 0.2) is 41.6 Å². The lowest BCUT2D eigenvalue weighted by atomic mass is 10.1. The molecule has 0 unspecified atom stereocenters. The summed E-state index contributed by atoms with van der Waals surface area (Å²) in [6.45, 7) is 5.03. The Labute approximate surface area is 159 Å². The fraction of sp³-hybridized carbons (Fsp3) is 0.278. The number of amides is 1. The molecule has 1 amide bonds. The van der Waals surface area contributed by atoms with E-state index in [0.717, 1.165) is 40.4 Å². The highest BCUT2D eigenvalue weighted by Crippen LogP contribution is 2.30. The minimum atomic E-state index is -0.0134. The van der Waals surface area contributed by atoms with Gasteiger partial charge in [0.15, 0.2) is 0 Å². The topological polar surface area (TPSA) is 70.2 Å². The summed E-state index contributed by atoms with van der Waals surface area (Å²) in [6.07, 6.45) is 3.36. The number of hydrogen-bond donors (Lipinski definition) is 2. The number of nitrogens with zero attached hydrogens (tertiary/aromatic N) is 3. The maximum absolute atomic E-state index is 11.9. The van der Waals surface area contributed by atoms with Crippen LogP contribution >= 0.6 is 22.7 Å². The molecule has 4 rings (SSSR count). The first kappa shape index (κ1) is 17.0. The van der Waals surface area contributed by atoms with Crippen molar-refractivity contribution in [2.45, 2.75) is 18.9 Å². The van der Waals surface area contributed by atoms with Gasteiger partial charge in [0.1, 0.15) is 5.82 Å². The smallest absolute Gasteiger partial charge is 0.246 e. The summed E-state index contributed by atoms with van der Waals surface area (Å²) in [5, 5.41) is 11.8. The second-order valence-corrected chi connectivity index (χ2v) is 7.97. The normalized spacial score (nSPS) is 17.2. The maximum Gasteiger partial charge on any atom is 0.246 e. The van der Waals surface area contributed by atoms with Crippen molar-refractivity contribution in [1.82, 2.24) is 14.9 Å². The molecule has 134 valence electrons. The standard InChI is InChI=1S/C18H19N5OS2/c1-2-15(24)23-8-3-5-12(11-23)19-17-16-13(7-10-26-16)20-18(22-17)21-14-6-4-9-25-14/h2,4,6-7,9-10,12H,1,3,5,8,11H2,(H2,19,20,21,22)/t12-/m1/s1. The molecule has 0 radical (unpaired) electrons. The van der Waals surface area contributed by atoms with Gasteiger partial charge in [0.05, 0.1) is 15.2 Å². The van der Waals surface area contributed by atoms with Crippen LogP contribution in [0.4, 0.5) is 16.8 Å². The van der Waals surface area contributed by atoms with Gasteiger partial charge in [0, 0.05) is 19.1 Å². The number of likely N-dealkylation sites (tertiary alicyclic amines) is 1. The third-order valence-corrected chi connectivity index (χ3v) is 6.00. The van der Waals surface area contributed by atoms with E-state index in [1.165, 1.54) is 6.08 Å². The highest BCUT2D eigenvalue weighted by Gasteiger charge is 2.23. The van der Waals surface area contributed by atoms with Gasteiger partial charge in [-0.25, -0.2) is 4.98 Å². The fourth-order valence-corrected chi connectivity index (χ4v) is 4.49. The lowest BCUT2D eigenvalue weighted by Crippen LogP contribution is -2.44. The molecule has 8 heteroatoms. The molecule has 3 aromatic rings. The molecule has 26 heavy (non-hydrogen) atoms. The van der Waals surface area contributed by atoms with Crippen molar-refractivity contribution in [1.29, 1.82) is 0 Å². The van der Waals surface area contributed by atoms with Crippen molar-refractivity contribution in [2.75, 3.05) is 23.7 Å². The monoisotopic (exact) mass is 385 g/mol. The van der Waals surface area contributed by atoms with Crippen molar-refractivity contribution in [3.63, 3.8) is 0 Å². The van der Waals surface area contributed by atoms with E-state index in [-0.39, 0.29) is 11.9 Å². The predicted molar refractivity (Wildman–Crippen MR) is 108 cm³/mol. The zero-order chi connectivity index (χ0) is 17.9. The van der Waals surface area contributed by atoms with Crippen LogP contribution in [-0.2, 0) is 4.79 Å². The molecular weight excluding hydrogens is 366 g/mol. The Balaban J connectivity index is 1.58. The molecule has 3 aromatic heterocycles. The van der Waals surface area contributed by atoms with E-state index in [1.54, 1.807) is 22.7 Å². The number of aromatic nitrogens is 2. The Bertz CT molecular complexity index is 921. The molecule has 4 heterocycles. The van der Waals surface area contributed by atoms with Crippen LogP contribution in [0.25, 0.3) is 10.2 Å². The number of thiophene rings is 2. The summed E-state index contributed by atoms with van der Waals surface area (Å²) >= 11 is 3.23. The Hall–Kier alpha value is -2.45. The van der Waals surface area contributed by atoms with E-state index in [9.17, 15) is 4.79 Å². The third-order valence-electron chi connectivity index (χ3n) is 4.31. The van der Waals surface area contributed by atoms with E-state index in [4.69, 9.17) is 4.98 Å². The SMILES string of the molecule is C=CC(=O)N1CCC[C@@H](Nc2nc(Nc3cccs3)nc3ccsc23)C1. The number of hydrogen-bond acceptors (Lipinski definition) is 7. The summed E-state index contributed by atoms with van der Waals surface area (Å²) in [7, 11) is 0. The number of nitrogens with one attached hydrogen (secondary N) is 2. The van der Waals surface area contributed by atoms with Gasteiger partial charge in [-0.15, -0.1) is 22.7 Å². The molecule has 2 N–H and O–H groups in total. The predicted octanol–water partition coefficient (Wildman–Crippen LogP) is 4.09. The zero-order valence-electron chi connectivity index (χ0n) is 14.1. The Morgan fingerprint density at radius 3 is 3.04 bits per heavy atom. The molecule has 6 nitrogen and oxygen atoms in total. The van der Waals surface area contributed by atoms with Gasteiger partial charge in [-0.3, -0.25) is 4.79 Å². The van der Waals surface area contributed by atoms with Crippen molar-refractivity contribution < 1.29 is 4.79 Å². The van der Waals surface area contributed by atoms with E-state index < -0.39 is 0 Å². The summed E-state index contributed by atoms with van der Waals surface area (Å²) in [4.78, 5) is 23.0. The molecule has 1 saturated heterocycles. The summed E-state index contributed by atoms with van der Waals surface area (Å²) in [5.41, 5.74) is 0.918. The molecule has 0 aromatic carbocycles. The average molecular weight is 386 g/mol. The highest BCUT2D eigenvalue weighted by atomic mass is 32.1. The Morgan fingerprint density at radius 2 is 2.23 bits per heavy atom. The second-order valence-electron chi connectivity index (χ2n) is 6.10. The highest BCUT2D eigenvalue weighted by molar-refractivity contribution is 7.17. The average Bonchev–Trinajstić information content (AvgIpc) is 3.33. The van der Waals surface area contributed by atoms with E-state index in [0.29, 0.717) is 12.5 Å². The zero-order valence-corrected chi connectivity index (χ0v) is 15.8. The minimum Gasteiger partial charge on any atom is -0.364 e. The van der Waals surface area contributed by atoms with Gasteiger partial charge in [-0.2, -0.15) is 4.98 Å². The van der Waals surface area contributed by atoms with E-state index >= 15 is 0 Å². The van der Waals surface area contributed by atoms with Crippen molar-refractivity contribution >= 4 is 55.6 Å². The molecule has 1 aliphatic heterocycles. The summed E-state index contributed by atoms with van der Waals surface area (Å²) in [5.74, 6) is 1.39. The Kier molecular flexibility index (Phi) is 4.85. The van der Waals surface area contributed by atoms with Crippen molar-refractivity contribution in [3.8, 4) is 0 Å². The molecule has 0 spiro atoms. The van der Waals surface area contributed by atoms with Crippen molar-refractivity contribution in [3.05, 3.63) is 41.6 Å². The number of anilines is 3. The maximum atomic E-state index is 11.9. The van der Waals surface area contributed by atoms with Gasteiger partial charge < -0.3 is 15.5 Å². The summed E-state index contributed by atoms with van der Waals surface area (Å²) in [6, 6.07) is 6.16. The molecule has 1 aliphatic rings. The molecule has 0 bridgehead atoms. The molecule has 0 aliphatic carbocycles. The first-order chi connectivity index (χ1) is 12.7. The minimum absolute atomic E-state index is 0.0134. The second kappa shape index (κ2) is 7.43. The largest absolute Gasteiger partial charge is 0.364 e. The number of fused-ring (bicyclic) bond motifs is 1. The molecule has 0 saturated carbocycles. The fourth-order valence-electron chi connectivity index (χ4n) is 3.09. The van der Waals surface area contributed by atoms with Gasteiger partial charge in [0.25, 0.3) is 0 Å². The molecule has 1 fully saturated rings. The quantitative estimate of drug-likeness (QED) is 0.648. The van der Waals surface area contributed by atoms with Crippen LogP contribution in [0.1, 0.15) is 12.8 Å². The number of piperidine rings is 1. The lowest BCUT2D eigenvalue weighted by molar-refractivity contribution is -0.127. The van der Waals surface area contributed by atoms with Crippen LogP contribution in [0.3, 0.4) is 0 Å². The van der Waals surface area contributed by atoms with Gasteiger partial charge in [-0.05, 0) is 47.9 Å². The van der Waals surface area contributed by atoms with Crippen LogP contribution in [0.2, 0.25) is 0 Å². The van der Waals surface area contributed by atoms with E-state index in [2.05, 4.69) is 22.2 Å². The van der Waals surface area contributed by atoms with Crippen molar-refractivity contribution in [2.24, 2.45) is 0 Å². The van der Waals surface area contributed by atoms with Gasteiger partial charge >= 0.3 is 0 Å². The van der Waals surface area contributed by atoms with E-state index in [1.807, 2.05) is 33.9 Å². The van der Waals surface area contributed by atoms with Gasteiger partial charge in [-0.1, -0.05) is 6.58 Å². The lowest BCUT2D eigenvalue weighted by Gasteiger charge is -2.32. The van der Waals surface area contributed by atoms with Crippen LogP contribution in [0.5, 0.6) is 0 Å². The summed E-state index contributed by atoms with van der Waals surface area (Å²) < 4.78 is 1.04. The first-order valence-corrected chi connectivity index (χ1v) is 10.2.